The minimum absolute atomic E-state index is 0.0611. The molecule has 2 amide bonds. The number of nitrogens with one attached hydrogen (secondary N) is 1. The van der Waals surface area contributed by atoms with Gasteiger partial charge in [-0.25, -0.2) is 0 Å². The molecule has 0 unspecified atom stereocenters. The van der Waals surface area contributed by atoms with Gasteiger partial charge in [0.15, 0.2) is 0 Å². The molecule has 5 nitrogen and oxygen atoms in total. The predicted molar refractivity (Wildman–Crippen MR) is 81.4 cm³/mol. The molecule has 1 saturated heterocycles. The second-order valence-electron chi connectivity index (χ2n) is 5.77. The highest BCUT2D eigenvalue weighted by Gasteiger charge is 2.32. The van der Waals surface area contributed by atoms with E-state index < -0.39 is 0 Å². The van der Waals surface area contributed by atoms with Gasteiger partial charge in [-0.2, -0.15) is 11.8 Å². The second-order valence-corrected chi connectivity index (χ2v) is 6.76. The molecular weight excluding hydrogens is 274 g/mol. The SMILES string of the molecule is CSCC[C@H](N)C(=O)N1CCC(NC(=O)C2CC2)CC1. The lowest BCUT2D eigenvalue weighted by Crippen LogP contribution is -2.51. The van der Waals surface area contributed by atoms with Crippen LogP contribution in [0.15, 0.2) is 0 Å². The number of amides is 2. The van der Waals surface area contributed by atoms with Crippen LogP contribution in [0.25, 0.3) is 0 Å². The highest BCUT2D eigenvalue weighted by atomic mass is 32.2. The Balaban J connectivity index is 1.70. The summed E-state index contributed by atoms with van der Waals surface area (Å²) in [5, 5.41) is 3.09. The fourth-order valence-electron chi connectivity index (χ4n) is 2.51. The van der Waals surface area contributed by atoms with Crippen LogP contribution in [0.4, 0.5) is 0 Å². The number of thioether (sulfide) groups is 1. The highest BCUT2D eigenvalue weighted by Crippen LogP contribution is 2.29. The van der Waals surface area contributed by atoms with Crippen LogP contribution in [-0.2, 0) is 9.59 Å². The zero-order valence-electron chi connectivity index (χ0n) is 12.1. The molecule has 0 aromatic rings. The molecule has 1 saturated carbocycles. The number of nitrogens with two attached hydrogens (primary N) is 1. The Morgan fingerprint density at radius 3 is 2.50 bits per heavy atom. The smallest absolute Gasteiger partial charge is 0.239 e. The molecule has 2 fully saturated rings. The first-order valence-corrected chi connectivity index (χ1v) is 8.85. The number of rotatable bonds is 6. The summed E-state index contributed by atoms with van der Waals surface area (Å²) < 4.78 is 0. The van der Waals surface area contributed by atoms with Gasteiger partial charge < -0.3 is 16.0 Å². The lowest BCUT2D eigenvalue weighted by molar-refractivity contribution is -0.133. The van der Waals surface area contributed by atoms with Gasteiger partial charge >= 0.3 is 0 Å². The van der Waals surface area contributed by atoms with Crippen molar-refractivity contribution in [2.24, 2.45) is 11.7 Å². The molecule has 2 aliphatic rings. The fraction of sp³-hybridized carbons (Fsp3) is 0.857. The average molecular weight is 299 g/mol. The Morgan fingerprint density at radius 1 is 1.30 bits per heavy atom. The summed E-state index contributed by atoms with van der Waals surface area (Å²) in [6.45, 7) is 1.42. The predicted octanol–water partition coefficient (Wildman–Crippen LogP) is 0.584. The van der Waals surface area contributed by atoms with Gasteiger partial charge in [0.25, 0.3) is 0 Å². The van der Waals surface area contributed by atoms with Crippen molar-refractivity contribution in [1.29, 1.82) is 0 Å². The number of hydrogen-bond acceptors (Lipinski definition) is 4. The van der Waals surface area contributed by atoms with E-state index in [1.807, 2.05) is 11.2 Å². The number of nitrogens with zero attached hydrogens (tertiary/aromatic N) is 1. The van der Waals surface area contributed by atoms with E-state index >= 15 is 0 Å². The van der Waals surface area contributed by atoms with E-state index in [4.69, 9.17) is 5.73 Å². The van der Waals surface area contributed by atoms with Crippen LogP contribution in [0.3, 0.4) is 0 Å². The Hall–Kier alpha value is -0.750. The maximum atomic E-state index is 12.2. The second kappa shape index (κ2) is 7.31. The van der Waals surface area contributed by atoms with Gasteiger partial charge in [-0.15, -0.1) is 0 Å². The van der Waals surface area contributed by atoms with Crippen LogP contribution >= 0.6 is 11.8 Å². The van der Waals surface area contributed by atoms with Gasteiger partial charge in [-0.3, -0.25) is 9.59 Å². The molecular formula is C14H25N3O2S. The maximum absolute atomic E-state index is 12.2. The van der Waals surface area contributed by atoms with E-state index in [9.17, 15) is 9.59 Å². The summed E-state index contributed by atoms with van der Waals surface area (Å²) in [6.07, 6.45) is 6.52. The van der Waals surface area contributed by atoms with Crippen LogP contribution in [0.1, 0.15) is 32.1 Å². The monoisotopic (exact) mass is 299 g/mol. The Labute approximate surface area is 125 Å². The van der Waals surface area contributed by atoms with Crippen molar-refractivity contribution >= 4 is 23.6 Å². The lowest BCUT2D eigenvalue weighted by atomic mass is 10.0. The maximum Gasteiger partial charge on any atom is 0.239 e. The Kier molecular flexibility index (Phi) is 5.72. The minimum atomic E-state index is -0.375. The summed E-state index contributed by atoms with van der Waals surface area (Å²) in [6, 6.07) is -0.144. The van der Waals surface area contributed by atoms with Crippen molar-refractivity contribution in [1.82, 2.24) is 10.2 Å². The molecule has 1 heterocycles. The van der Waals surface area contributed by atoms with Gasteiger partial charge in [0.1, 0.15) is 0 Å². The molecule has 0 aromatic heterocycles. The van der Waals surface area contributed by atoms with Crippen LogP contribution in [0.2, 0.25) is 0 Å². The van der Waals surface area contributed by atoms with Crippen molar-refractivity contribution in [3.8, 4) is 0 Å². The van der Waals surface area contributed by atoms with E-state index in [1.54, 1.807) is 11.8 Å². The van der Waals surface area contributed by atoms with Crippen molar-refractivity contribution in [3.05, 3.63) is 0 Å². The van der Waals surface area contributed by atoms with E-state index in [2.05, 4.69) is 5.32 Å². The molecule has 0 spiro atoms. The molecule has 0 radical (unpaired) electrons. The highest BCUT2D eigenvalue weighted by molar-refractivity contribution is 7.98. The van der Waals surface area contributed by atoms with E-state index in [1.165, 1.54) is 0 Å². The van der Waals surface area contributed by atoms with Gasteiger partial charge in [0.05, 0.1) is 6.04 Å². The van der Waals surface area contributed by atoms with Crippen molar-refractivity contribution in [2.75, 3.05) is 25.1 Å². The van der Waals surface area contributed by atoms with Crippen LogP contribution in [0.5, 0.6) is 0 Å². The summed E-state index contributed by atoms with van der Waals surface area (Å²) in [5.41, 5.74) is 5.92. The van der Waals surface area contributed by atoms with Crippen LogP contribution in [-0.4, -0.2) is 53.9 Å². The zero-order chi connectivity index (χ0) is 14.5. The molecule has 0 aromatic carbocycles. The Morgan fingerprint density at radius 2 is 1.95 bits per heavy atom. The van der Waals surface area contributed by atoms with E-state index in [0.29, 0.717) is 13.1 Å². The molecule has 1 aliphatic carbocycles. The van der Waals surface area contributed by atoms with Crippen LogP contribution in [0, 0.1) is 5.92 Å². The molecule has 1 atom stereocenters. The van der Waals surface area contributed by atoms with Gasteiger partial charge in [-0.05, 0) is 44.1 Å². The van der Waals surface area contributed by atoms with E-state index in [0.717, 1.165) is 37.9 Å². The van der Waals surface area contributed by atoms with Crippen molar-refractivity contribution in [2.45, 2.75) is 44.2 Å². The largest absolute Gasteiger partial charge is 0.353 e. The zero-order valence-corrected chi connectivity index (χ0v) is 13.0. The Bertz CT molecular complexity index is 352. The molecule has 6 heteroatoms. The lowest BCUT2D eigenvalue weighted by Gasteiger charge is -2.33. The molecule has 1 aliphatic heterocycles. The summed E-state index contributed by atoms with van der Waals surface area (Å²) >= 11 is 1.71. The normalized spacial score (nSPS) is 21.6. The van der Waals surface area contributed by atoms with Gasteiger partial charge in [0.2, 0.25) is 11.8 Å². The number of likely N-dealkylation sites (tertiary alicyclic amines) is 1. The number of piperidine rings is 1. The van der Waals surface area contributed by atoms with Crippen LogP contribution < -0.4 is 11.1 Å². The molecule has 2 rings (SSSR count). The average Bonchev–Trinajstić information content (AvgIpc) is 3.29. The third-order valence-electron chi connectivity index (χ3n) is 4.05. The summed E-state index contributed by atoms with van der Waals surface area (Å²) in [4.78, 5) is 25.7. The summed E-state index contributed by atoms with van der Waals surface area (Å²) in [7, 11) is 0. The third-order valence-corrected chi connectivity index (χ3v) is 4.70. The first-order chi connectivity index (χ1) is 9.61. The first kappa shape index (κ1) is 15.6. The third kappa shape index (κ3) is 4.38. The van der Waals surface area contributed by atoms with Gasteiger partial charge in [0, 0.05) is 25.0 Å². The topological polar surface area (TPSA) is 75.4 Å². The quantitative estimate of drug-likeness (QED) is 0.752. The molecule has 3 N–H and O–H groups in total. The van der Waals surface area contributed by atoms with Gasteiger partial charge in [-0.1, -0.05) is 0 Å². The van der Waals surface area contributed by atoms with Crippen molar-refractivity contribution in [3.63, 3.8) is 0 Å². The standard InChI is InChI=1S/C14H25N3O2S/c1-20-9-6-12(15)14(19)17-7-4-11(5-8-17)16-13(18)10-2-3-10/h10-12H,2-9,15H2,1H3,(H,16,18)/t12-/m0/s1. The van der Waals surface area contributed by atoms with Crippen molar-refractivity contribution < 1.29 is 9.59 Å². The molecule has 20 heavy (non-hydrogen) atoms. The van der Waals surface area contributed by atoms with E-state index in [-0.39, 0.29) is 29.8 Å². The fourth-order valence-corrected chi connectivity index (χ4v) is 3.00. The molecule has 0 bridgehead atoms. The number of hydrogen-bond donors (Lipinski definition) is 2. The molecule has 114 valence electrons. The number of carbonyl (C=O) groups is 2. The minimum Gasteiger partial charge on any atom is -0.353 e. The summed E-state index contributed by atoms with van der Waals surface area (Å²) in [5.74, 6) is 1.44. The first-order valence-electron chi connectivity index (χ1n) is 7.45. The number of carbonyl (C=O) groups excluding carboxylic acids is 2.